The number of nitrogens with one attached hydrogen (secondary N) is 1. The van der Waals surface area contributed by atoms with E-state index < -0.39 is 5.91 Å². The molecule has 6 heteroatoms. The number of aromatic nitrogens is 1. The molecule has 1 aromatic heterocycles. The van der Waals surface area contributed by atoms with Crippen LogP contribution in [-0.4, -0.2) is 23.7 Å². The van der Waals surface area contributed by atoms with Crippen LogP contribution in [0.1, 0.15) is 5.69 Å². The fourth-order valence-corrected chi connectivity index (χ4v) is 1.33. The summed E-state index contributed by atoms with van der Waals surface area (Å²) in [7, 11) is 0. The number of nitrogens with zero attached hydrogens (tertiary/aromatic N) is 2. The van der Waals surface area contributed by atoms with Gasteiger partial charge in [0.05, 0.1) is 11.9 Å². The molecule has 0 unspecified atom stereocenters. The lowest BCUT2D eigenvalue weighted by Crippen LogP contribution is -2.24. The molecular formula is C14H12FN3O2. The van der Waals surface area contributed by atoms with E-state index >= 15 is 0 Å². The topological polar surface area (TPSA) is 63.6 Å². The maximum Gasteiger partial charge on any atom is 0.277 e. The van der Waals surface area contributed by atoms with Gasteiger partial charge in [-0.1, -0.05) is 6.07 Å². The van der Waals surface area contributed by atoms with Crippen molar-refractivity contribution in [3.05, 3.63) is 60.2 Å². The molecule has 0 spiro atoms. The van der Waals surface area contributed by atoms with Crippen LogP contribution in [-0.2, 0) is 4.79 Å². The maximum atomic E-state index is 12.7. The Labute approximate surface area is 115 Å². The van der Waals surface area contributed by atoms with E-state index in [4.69, 9.17) is 4.74 Å². The quantitative estimate of drug-likeness (QED) is 0.666. The van der Waals surface area contributed by atoms with Gasteiger partial charge in [0, 0.05) is 6.20 Å². The molecule has 2 rings (SSSR count). The molecule has 1 amide bonds. The van der Waals surface area contributed by atoms with Gasteiger partial charge in [-0.15, -0.1) is 0 Å². The zero-order valence-electron chi connectivity index (χ0n) is 10.5. The average Bonchev–Trinajstić information content (AvgIpc) is 2.48. The second-order valence-electron chi connectivity index (χ2n) is 3.79. The average molecular weight is 273 g/mol. The van der Waals surface area contributed by atoms with Gasteiger partial charge >= 0.3 is 0 Å². The predicted octanol–water partition coefficient (Wildman–Crippen LogP) is 1.75. The highest BCUT2D eigenvalue weighted by atomic mass is 19.1. The van der Waals surface area contributed by atoms with Gasteiger partial charge in [0.1, 0.15) is 11.6 Å². The molecule has 102 valence electrons. The van der Waals surface area contributed by atoms with Crippen molar-refractivity contribution < 1.29 is 13.9 Å². The summed E-state index contributed by atoms with van der Waals surface area (Å²) in [4.78, 5) is 15.4. The van der Waals surface area contributed by atoms with Crippen molar-refractivity contribution in [1.29, 1.82) is 0 Å². The fourth-order valence-electron chi connectivity index (χ4n) is 1.33. The van der Waals surface area contributed by atoms with E-state index in [-0.39, 0.29) is 12.4 Å². The van der Waals surface area contributed by atoms with Crippen LogP contribution < -0.4 is 10.2 Å². The monoisotopic (exact) mass is 273 g/mol. The third-order valence-electron chi connectivity index (χ3n) is 2.26. The van der Waals surface area contributed by atoms with Gasteiger partial charge in [-0.05, 0) is 36.4 Å². The Balaban J connectivity index is 1.76. The molecule has 0 aliphatic heterocycles. The minimum absolute atomic E-state index is 0.203. The summed E-state index contributed by atoms with van der Waals surface area (Å²) >= 11 is 0. The van der Waals surface area contributed by atoms with Crippen molar-refractivity contribution in [3.63, 3.8) is 0 Å². The second-order valence-corrected chi connectivity index (χ2v) is 3.79. The largest absolute Gasteiger partial charge is 0.484 e. The number of rotatable bonds is 5. The third kappa shape index (κ3) is 4.49. The first-order chi connectivity index (χ1) is 9.74. The minimum Gasteiger partial charge on any atom is -0.484 e. The zero-order chi connectivity index (χ0) is 14.2. The Hall–Kier alpha value is -2.76. The Bertz CT molecular complexity index is 585. The van der Waals surface area contributed by atoms with E-state index in [1.807, 2.05) is 6.07 Å². The summed E-state index contributed by atoms with van der Waals surface area (Å²) in [6.45, 7) is -0.203. The molecule has 5 nitrogen and oxygen atoms in total. The minimum atomic E-state index is -0.415. The molecular weight excluding hydrogens is 261 g/mol. The summed E-state index contributed by atoms with van der Waals surface area (Å²) < 4.78 is 17.8. The molecule has 0 fully saturated rings. The van der Waals surface area contributed by atoms with Gasteiger partial charge in [-0.2, -0.15) is 5.10 Å². The third-order valence-corrected chi connectivity index (χ3v) is 2.26. The Morgan fingerprint density at radius 1 is 1.30 bits per heavy atom. The van der Waals surface area contributed by atoms with Crippen LogP contribution in [0, 0.1) is 5.82 Å². The highest BCUT2D eigenvalue weighted by Crippen LogP contribution is 2.10. The van der Waals surface area contributed by atoms with Crippen LogP contribution >= 0.6 is 0 Å². The van der Waals surface area contributed by atoms with Crippen LogP contribution in [0.4, 0.5) is 4.39 Å². The lowest BCUT2D eigenvalue weighted by molar-refractivity contribution is -0.123. The number of carbonyl (C=O) groups is 1. The number of pyridine rings is 1. The lowest BCUT2D eigenvalue weighted by atomic mass is 10.3. The number of carbonyl (C=O) groups excluding carboxylic acids is 1. The summed E-state index contributed by atoms with van der Waals surface area (Å²) in [6, 6.07) is 10.8. The normalized spacial score (nSPS) is 10.4. The Kier molecular flexibility index (Phi) is 4.77. The van der Waals surface area contributed by atoms with Crippen LogP contribution in [0.3, 0.4) is 0 Å². The van der Waals surface area contributed by atoms with Crippen molar-refractivity contribution in [3.8, 4) is 5.75 Å². The number of halogens is 1. The summed E-state index contributed by atoms with van der Waals surface area (Å²) in [5.74, 6) is -0.362. The number of hydrazone groups is 1. The van der Waals surface area contributed by atoms with E-state index in [1.54, 1.807) is 18.3 Å². The van der Waals surface area contributed by atoms with Gasteiger partial charge in [0.25, 0.3) is 5.91 Å². The molecule has 20 heavy (non-hydrogen) atoms. The highest BCUT2D eigenvalue weighted by Gasteiger charge is 2.01. The molecule has 0 saturated carbocycles. The van der Waals surface area contributed by atoms with E-state index in [2.05, 4.69) is 15.5 Å². The molecule has 0 saturated heterocycles. The zero-order valence-corrected chi connectivity index (χ0v) is 10.5. The van der Waals surface area contributed by atoms with Gasteiger partial charge in [-0.25, -0.2) is 9.82 Å². The van der Waals surface area contributed by atoms with Gasteiger partial charge in [0.2, 0.25) is 0 Å². The fraction of sp³-hybridized carbons (Fsp3) is 0.0714. The standard InChI is InChI=1S/C14H12FN3O2/c15-11-4-6-13(7-5-11)20-10-14(19)18-17-9-12-3-1-2-8-16-12/h1-9H,10H2,(H,18,19). The number of benzene rings is 1. The van der Waals surface area contributed by atoms with Crippen LogP contribution in [0.25, 0.3) is 0 Å². The molecule has 0 bridgehead atoms. The van der Waals surface area contributed by atoms with Gasteiger partial charge in [0.15, 0.2) is 6.61 Å². The number of amides is 1. The predicted molar refractivity (Wildman–Crippen MR) is 71.9 cm³/mol. The van der Waals surface area contributed by atoms with Crippen molar-refractivity contribution in [2.24, 2.45) is 5.10 Å². The summed E-state index contributed by atoms with van der Waals surface area (Å²) in [6.07, 6.45) is 3.05. The summed E-state index contributed by atoms with van der Waals surface area (Å²) in [5.41, 5.74) is 2.94. The molecule has 1 N–H and O–H groups in total. The second kappa shape index (κ2) is 6.98. The molecule has 1 heterocycles. The number of hydrogen-bond acceptors (Lipinski definition) is 4. The molecule has 0 radical (unpaired) electrons. The Morgan fingerprint density at radius 2 is 2.10 bits per heavy atom. The van der Waals surface area contributed by atoms with Gasteiger partial charge in [-0.3, -0.25) is 9.78 Å². The lowest BCUT2D eigenvalue weighted by Gasteiger charge is -2.04. The van der Waals surface area contributed by atoms with E-state index in [9.17, 15) is 9.18 Å². The molecule has 2 aromatic rings. The maximum absolute atomic E-state index is 12.7. The molecule has 0 aliphatic carbocycles. The smallest absolute Gasteiger partial charge is 0.277 e. The van der Waals surface area contributed by atoms with Crippen molar-refractivity contribution in [2.45, 2.75) is 0 Å². The first kappa shape index (κ1) is 13.7. The number of ether oxygens (including phenoxy) is 1. The molecule has 1 aromatic carbocycles. The van der Waals surface area contributed by atoms with Crippen molar-refractivity contribution in [2.75, 3.05) is 6.61 Å². The molecule has 0 aliphatic rings. The van der Waals surface area contributed by atoms with Gasteiger partial charge < -0.3 is 4.74 Å². The van der Waals surface area contributed by atoms with Crippen LogP contribution in [0.5, 0.6) is 5.75 Å². The van der Waals surface area contributed by atoms with Crippen LogP contribution in [0.2, 0.25) is 0 Å². The SMILES string of the molecule is O=C(COc1ccc(F)cc1)NN=Cc1ccccn1. The van der Waals surface area contributed by atoms with E-state index in [0.717, 1.165) is 0 Å². The van der Waals surface area contributed by atoms with Crippen LogP contribution in [0.15, 0.2) is 53.8 Å². The van der Waals surface area contributed by atoms with E-state index in [0.29, 0.717) is 11.4 Å². The van der Waals surface area contributed by atoms with Crippen molar-refractivity contribution >= 4 is 12.1 Å². The van der Waals surface area contributed by atoms with Crippen molar-refractivity contribution in [1.82, 2.24) is 10.4 Å². The number of hydrogen-bond donors (Lipinski definition) is 1. The Morgan fingerprint density at radius 3 is 2.80 bits per heavy atom. The van der Waals surface area contributed by atoms with E-state index in [1.165, 1.54) is 30.5 Å². The molecule has 0 atom stereocenters. The highest BCUT2D eigenvalue weighted by molar-refractivity contribution is 5.81. The first-order valence-electron chi connectivity index (χ1n) is 5.85. The first-order valence-corrected chi connectivity index (χ1v) is 5.85. The summed E-state index contributed by atoms with van der Waals surface area (Å²) in [5, 5.41) is 3.74.